The molecule has 2 heterocycles. The highest BCUT2D eigenvalue weighted by Gasteiger charge is 2.27. The molecule has 1 atom stereocenters. The van der Waals surface area contributed by atoms with Gasteiger partial charge in [0, 0.05) is 45.2 Å². The van der Waals surface area contributed by atoms with E-state index in [9.17, 15) is 18.0 Å². The first-order valence-electron chi connectivity index (χ1n) is 12.7. The van der Waals surface area contributed by atoms with Crippen LogP contribution in [0.15, 0.2) is 47.4 Å². The number of hydrogen-bond acceptors (Lipinski definition) is 6. The van der Waals surface area contributed by atoms with Gasteiger partial charge < -0.3 is 19.3 Å². The van der Waals surface area contributed by atoms with E-state index >= 15 is 0 Å². The van der Waals surface area contributed by atoms with Crippen molar-refractivity contribution in [3.8, 4) is 11.5 Å². The zero-order valence-electron chi connectivity index (χ0n) is 21.4. The van der Waals surface area contributed by atoms with Crippen molar-refractivity contribution in [1.82, 2.24) is 9.62 Å². The molecule has 0 radical (unpaired) electrons. The predicted molar refractivity (Wildman–Crippen MR) is 140 cm³/mol. The summed E-state index contributed by atoms with van der Waals surface area (Å²) < 4.78 is 39.2. The highest BCUT2D eigenvalue weighted by atomic mass is 32.2. The van der Waals surface area contributed by atoms with Crippen molar-refractivity contribution in [3.05, 3.63) is 48.0 Å². The molecule has 0 aliphatic carbocycles. The third kappa shape index (κ3) is 6.61. The highest BCUT2D eigenvalue weighted by Crippen LogP contribution is 2.30. The third-order valence-corrected chi connectivity index (χ3v) is 8.45. The number of anilines is 1. The van der Waals surface area contributed by atoms with Crippen molar-refractivity contribution >= 4 is 27.5 Å². The molecule has 200 valence electrons. The third-order valence-electron chi connectivity index (χ3n) is 6.99. The smallest absolute Gasteiger partial charge is 0.240 e. The Bertz CT molecular complexity index is 1230. The maximum atomic E-state index is 12.7. The normalized spacial score (nSPS) is 17.1. The molecule has 1 unspecified atom stereocenters. The maximum Gasteiger partial charge on any atom is 0.240 e. The van der Waals surface area contributed by atoms with Crippen LogP contribution in [0, 0.1) is 5.92 Å². The van der Waals surface area contributed by atoms with Crippen LogP contribution < -0.4 is 19.1 Å². The SMILES string of the molecule is COc1ccccc1OCCC1CCN(C(=O)CCCNS(=O)(=O)c2ccc3c(c2)CCN3C(C)=O)C1. The minimum Gasteiger partial charge on any atom is -0.493 e. The minimum absolute atomic E-state index is 0.0502. The molecule has 2 aliphatic heterocycles. The number of ether oxygens (including phenoxy) is 2. The quantitative estimate of drug-likeness (QED) is 0.449. The molecule has 0 aromatic heterocycles. The van der Waals surface area contributed by atoms with Gasteiger partial charge in [-0.3, -0.25) is 9.59 Å². The van der Waals surface area contributed by atoms with Crippen LogP contribution in [-0.2, 0) is 26.0 Å². The first kappa shape index (κ1) is 26.9. The summed E-state index contributed by atoms with van der Waals surface area (Å²) in [5.74, 6) is 1.81. The molecule has 1 N–H and O–H groups in total. The van der Waals surface area contributed by atoms with Gasteiger partial charge in [-0.15, -0.1) is 0 Å². The van der Waals surface area contributed by atoms with Crippen molar-refractivity contribution in [2.24, 2.45) is 5.92 Å². The van der Waals surface area contributed by atoms with E-state index in [4.69, 9.17) is 9.47 Å². The van der Waals surface area contributed by atoms with E-state index < -0.39 is 10.0 Å². The number of rotatable bonds is 11. The van der Waals surface area contributed by atoms with Crippen LogP contribution in [0.1, 0.15) is 38.2 Å². The molecule has 2 aromatic rings. The number of amides is 2. The molecule has 9 nitrogen and oxygen atoms in total. The Kier molecular flexibility index (Phi) is 8.71. The number of likely N-dealkylation sites (tertiary alicyclic amines) is 1. The van der Waals surface area contributed by atoms with Gasteiger partial charge in [0.15, 0.2) is 11.5 Å². The second-order valence-corrected chi connectivity index (χ2v) is 11.3. The molecule has 1 fully saturated rings. The van der Waals surface area contributed by atoms with Crippen LogP contribution in [0.25, 0.3) is 0 Å². The van der Waals surface area contributed by atoms with Gasteiger partial charge in [0.25, 0.3) is 0 Å². The number of nitrogens with zero attached hydrogens (tertiary/aromatic N) is 2. The highest BCUT2D eigenvalue weighted by molar-refractivity contribution is 7.89. The van der Waals surface area contributed by atoms with Crippen LogP contribution in [0.5, 0.6) is 11.5 Å². The Morgan fingerprint density at radius 3 is 2.65 bits per heavy atom. The molecule has 2 amide bonds. The van der Waals surface area contributed by atoms with E-state index in [1.54, 1.807) is 24.1 Å². The standard InChI is InChI=1S/C27H35N3O6S/c1-20(31)30-16-12-22-18-23(9-10-24(22)30)37(33,34)28-14-5-8-27(32)29-15-11-21(19-29)13-17-36-26-7-4-3-6-25(26)35-2/h3-4,6-7,9-10,18,21,28H,5,8,11-17,19H2,1-2H3. The van der Waals surface area contributed by atoms with Crippen molar-refractivity contribution in [2.75, 3.05) is 44.8 Å². The molecule has 37 heavy (non-hydrogen) atoms. The number of nitrogens with one attached hydrogen (secondary N) is 1. The van der Waals surface area contributed by atoms with Gasteiger partial charge in [-0.2, -0.15) is 0 Å². The molecule has 0 saturated carbocycles. The Labute approximate surface area is 218 Å². The molecule has 4 rings (SSSR count). The molecule has 2 aliphatic rings. The summed E-state index contributed by atoms with van der Waals surface area (Å²) >= 11 is 0. The fourth-order valence-corrected chi connectivity index (χ4v) is 6.05. The summed E-state index contributed by atoms with van der Waals surface area (Å²) in [5, 5.41) is 0. The van der Waals surface area contributed by atoms with Gasteiger partial charge in [-0.25, -0.2) is 13.1 Å². The van der Waals surface area contributed by atoms with E-state index in [1.807, 2.05) is 29.2 Å². The number of benzene rings is 2. The molecule has 0 spiro atoms. The second-order valence-electron chi connectivity index (χ2n) is 9.49. The fraction of sp³-hybridized carbons (Fsp3) is 0.481. The van der Waals surface area contributed by atoms with Crippen LogP contribution in [0.4, 0.5) is 5.69 Å². The second kappa shape index (κ2) is 12.0. The largest absolute Gasteiger partial charge is 0.493 e. The summed E-state index contributed by atoms with van der Waals surface area (Å²) in [6.07, 6.45) is 3.15. The summed E-state index contributed by atoms with van der Waals surface area (Å²) in [7, 11) is -2.07. The molecular formula is C27H35N3O6S. The number of sulfonamides is 1. The maximum absolute atomic E-state index is 12.7. The van der Waals surface area contributed by atoms with Crippen LogP contribution >= 0.6 is 0 Å². The summed E-state index contributed by atoms with van der Waals surface area (Å²) in [5.41, 5.74) is 1.62. The van der Waals surface area contributed by atoms with Gasteiger partial charge >= 0.3 is 0 Å². The molecule has 0 bridgehead atoms. The predicted octanol–water partition coefficient (Wildman–Crippen LogP) is 2.98. The lowest BCUT2D eigenvalue weighted by molar-refractivity contribution is -0.130. The lowest BCUT2D eigenvalue weighted by atomic mass is 10.1. The average Bonchev–Trinajstić information content (AvgIpc) is 3.54. The summed E-state index contributed by atoms with van der Waals surface area (Å²) in [4.78, 5) is 28.1. The number of carbonyl (C=O) groups excluding carboxylic acids is 2. The van der Waals surface area contributed by atoms with Crippen molar-refractivity contribution < 1.29 is 27.5 Å². The zero-order valence-corrected chi connectivity index (χ0v) is 22.3. The fourth-order valence-electron chi connectivity index (χ4n) is 4.93. The topological polar surface area (TPSA) is 105 Å². The lowest BCUT2D eigenvalue weighted by Gasteiger charge is -2.17. The Morgan fingerprint density at radius 1 is 1.11 bits per heavy atom. The Balaban J connectivity index is 1.17. The van der Waals surface area contributed by atoms with Crippen LogP contribution in [0.3, 0.4) is 0 Å². The van der Waals surface area contributed by atoms with Gasteiger partial charge in [0.1, 0.15) is 0 Å². The first-order chi connectivity index (χ1) is 17.8. The van der Waals surface area contributed by atoms with E-state index in [-0.39, 0.29) is 23.3 Å². The summed E-state index contributed by atoms with van der Waals surface area (Å²) in [6, 6.07) is 12.4. The van der Waals surface area contributed by atoms with Gasteiger partial charge in [-0.1, -0.05) is 12.1 Å². The number of methoxy groups -OCH3 is 1. The lowest BCUT2D eigenvalue weighted by Crippen LogP contribution is -2.30. The number of para-hydroxylation sites is 2. The Hall–Kier alpha value is -3.11. The van der Waals surface area contributed by atoms with E-state index in [2.05, 4.69) is 4.72 Å². The first-order valence-corrected chi connectivity index (χ1v) is 14.2. The molecular weight excluding hydrogens is 494 g/mol. The van der Waals surface area contributed by atoms with Crippen molar-refractivity contribution in [3.63, 3.8) is 0 Å². The average molecular weight is 530 g/mol. The van der Waals surface area contributed by atoms with Crippen molar-refractivity contribution in [1.29, 1.82) is 0 Å². The number of carbonyl (C=O) groups is 2. The van der Waals surface area contributed by atoms with E-state index in [0.717, 1.165) is 36.4 Å². The molecule has 10 heteroatoms. The Morgan fingerprint density at radius 2 is 1.89 bits per heavy atom. The van der Waals surface area contributed by atoms with Crippen molar-refractivity contribution in [2.45, 2.75) is 43.9 Å². The van der Waals surface area contributed by atoms with Crippen LogP contribution in [0.2, 0.25) is 0 Å². The van der Waals surface area contributed by atoms with Crippen LogP contribution in [-0.4, -0.2) is 65.0 Å². The van der Waals surface area contributed by atoms with Gasteiger partial charge in [0.2, 0.25) is 21.8 Å². The van der Waals surface area contributed by atoms with E-state index in [1.165, 1.54) is 13.0 Å². The number of hydrogen-bond donors (Lipinski definition) is 1. The van der Waals surface area contributed by atoms with Gasteiger partial charge in [-0.05, 0) is 67.5 Å². The minimum atomic E-state index is -3.68. The zero-order chi connectivity index (χ0) is 26.4. The monoisotopic (exact) mass is 529 g/mol. The number of fused-ring (bicyclic) bond motifs is 1. The molecule has 1 saturated heterocycles. The summed E-state index contributed by atoms with van der Waals surface area (Å²) in [6.45, 7) is 4.24. The molecule has 2 aromatic carbocycles. The van der Waals surface area contributed by atoms with Gasteiger partial charge in [0.05, 0.1) is 18.6 Å². The van der Waals surface area contributed by atoms with E-state index in [0.29, 0.717) is 50.6 Å².